The average molecular weight is 508 g/mol. The number of pyridine rings is 1. The SMILES string of the molecule is [Br-].[CH2-]c1ccccc1.[Zn+2].c1ccc(Cc2ccc3c(c2)CCc2ncccc2-3)cc1. The fourth-order valence-corrected chi connectivity index (χ4v) is 3.67. The van der Waals surface area contributed by atoms with Crippen LogP contribution in [-0.4, -0.2) is 4.98 Å². The standard InChI is InChI=1S/C20H17N.C7H7.BrH.Zn/c1-2-5-15(6-3-1)13-16-8-10-18-17(14-16)9-11-20-19(18)7-4-12-21-20;1-7-5-3-2-4-6-7;;/h1-8,10,12,14H,9,11,13H2;2-6H,1H2;1H;/q;-1;;+2/p-1. The molecule has 0 saturated carbocycles. The normalized spacial score (nSPS) is 10.8. The minimum Gasteiger partial charge on any atom is -1.00 e. The Labute approximate surface area is 203 Å². The first-order chi connectivity index (χ1) is 13.8. The van der Waals surface area contributed by atoms with E-state index in [1.807, 2.05) is 42.6 Å². The maximum atomic E-state index is 4.51. The van der Waals surface area contributed by atoms with Crippen LogP contribution in [0.25, 0.3) is 11.1 Å². The van der Waals surface area contributed by atoms with Crippen LogP contribution in [0.15, 0.2) is 97.2 Å². The summed E-state index contributed by atoms with van der Waals surface area (Å²) in [4.78, 5) is 4.51. The van der Waals surface area contributed by atoms with Crippen molar-refractivity contribution in [3.63, 3.8) is 0 Å². The molecule has 0 saturated heterocycles. The zero-order chi connectivity index (χ0) is 19.2. The first-order valence-electron chi connectivity index (χ1n) is 9.76. The molecule has 0 atom stereocenters. The first kappa shape index (κ1) is 24.1. The molecule has 5 rings (SSSR count). The van der Waals surface area contributed by atoms with Gasteiger partial charge in [-0.15, -0.1) is 12.1 Å². The smallest absolute Gasteiger partial charge is 1.00 e. The Hall–Kier alpha value is -2.22. The molecule has 1 aliphatic rings. The Bertz CT molecular complexity index is 1050. The zero-order valence-corrected chi connectivity index (χ0v) is 21.7. The summed E-state index contributed by atoms with van der Waals surface area (Å²) in [6.45, 7) is 3.72. The van der Waals surface area contributed by atoms with Crippen LogP contribution in [0.4, 0.5) is 0 Å². The molecule has 0 radical (unpaired) electrons. The molecule has 1 heterocycles. The van der Waals surface area contributed by atoms with Crippen molar-refractivity contribution < 1.29 is 36.5 Å². The van der Waals surface area contributed by atoms with Crippen LogP contribution >= 0.6 is 0 Å². The number of benzene rings is 3. The van der Waals surface area contributed by atoms with Crippen LogP contribution in [0.2, 0.25) is 0 Å². The van der Waals surface area contributed by atoms with E-state index >= 15 is 0 Å². The molecule has 1 nitrogen and oxygen atoms in total. The van der Waals surface area contributed by atoms with Crippen LogP contribution in [0.5, 0.6) is 0 Å². The van der Waals surface area contributed by atoms with Crippen LogP contribution in [-0.2, 0) is 38.7 Å². The van der Waals surface area contributed by atoms with Gasteiger partial charge in [-0.3, -0.25) is 4.98 Å². The molecule has 0 amide bonds. The van der Waals surface area contributed by atoms with E-state index in [1.165, 1.54) is 33.5 Å². The van der Waals surface area contributed by atoms with E-state index in [-0.39, 0.29) is 36.5 Å². The number of halogens is 1. The summed E-state index contributed by atoms with van der Waals surface area (Å²) >= 11 is 0. The first-order valence-corrected chi connectivity index (χ1v) is 9.76. The maximum absolute atomic E-state index is 4.51. The molecular weight excluding hydrogens is 484 g/mol. The Morgan fingerprint density at radius 2 is 1.40 bits per heavy atom. The van der Waals surface area contributed by atoms with E-state index in [0.717, 1.165) is 24.8 Å². The number of nitrogens with zero attached hydrogens (tertiary/aromatic N) is 1. The van der Waals surface area contributed by atoms with Crippen molar-refractivity contribution in [1.82, 2.24) is 4.98 Å². The fourth-order valence-electron chi connectivity index (χ4n) is 3.67. The number of fused-ring (bicyclic) bond motifs is 3. The molecule has 0 bridgehead atoms. The molecule has 0 spiro atoms. The van der Waals surface area contributed by atoms with Crippen molar-refractivity contribution in [2.75, 3.05) is 0 Å². The molecule has 0 unspecified atom stereocenters. The van der Waals surface area contributed by atoms with Crippen molar-refractivity contribution in [2.24, 2.45) is 0 Å². The van der Waals surface area contributed by atoms with E-state index in [0.29, 0.717) is 0 Å². The quantitative estimate of drug-likeness (QED) is 0.300. The van der Waals surface area contributed by atoms with Crippen LogP contribution in [0.1, 0.15) is 27.9 Å². The van der Waals surface area contributed by atoms with E-state index in [1.54, 1.807) is 0 Å². The number of aromatic nitrogens is 1. The molecule has 1 aliphatic carbocycles. The largest absolute Gasteiger partial charge is 2.00 e. The Kier molecular flexibility index (Phi) is 9.49. The van der Waals surface area contributed by atoms with Gasteiger partial charge in [-0.05, 0) is 47.6 Å². The van der Waals surface area contributed by atoms with Gasteiger partial charge in [-0.1, -0.05) is 60.7 Å². The van der Waals surface area contributed by atoms with Gasteiger partial charge in [-0.25, -0.2) is 0 Å². The number of hydrogen-bond acceptors (Lipinski definition) is 1. The topological polar surface area (TPSA) is 12.9 Å². The van der Waals surface area contributed by atoms with Crippen LogP contribution in [0, 0.1) is 6.92 Å². The molecule has 146 valence electrons. The summed E-state index contributed by atoms with van der Waals surface area (Å²) in [5.74, 6) is 0. The van der Waals surface area contributed by atoms with E-state index in [9.17, 15) is 0 Å². The summed E-state index contributed by atoms with van der Waals surface area (Å²) in [6.07, 6.45) is 5.06. The van der Waals surface area contributed by atoms with Crippen molar-refractivity contribution in [1.29, 1.82) is 0 Å². The molecule has 3 heteroatoms. The number of aryl methyl sites for hydroxylation is 2. The van der Waals surface area contributed by atoms with Gasteiger partial charge in [0.25, 0.3) is 0 Å². The second-order valence-electron chi connectivity index (χ2n) is 7.14. The molecule has 1 aromatic heterocycles. The second kappa shape index (κ2) is 11.8. The third-order valence-electron chi connectivity index (χ3n) is 5.08. The molecular formula is C27H24BrNZn. The minimum atomic E-state index is 0. The zero-order valence-electron chi connectivity index (χ0n) is 17.1. The summed E-state index contributed by atoms with van der Waals surface area (Å²) in [6, 6.07) is 31.7. The van der Waals surface area contributed by atoms with Gasteiger partial charge in [0.2, 0.25) is 0 Å². The van der Waals surface area contributed by atoms with Gasteiger partial charge in [0, 0.05) is 17.5 Å². The predicted molar refractivity (Wildman–Crippen MR) is 117 cm³/mol. The molecule has 4 aromatic rings. The van der Waals surface area contributed by atoms with Crippen molar-refractivity contribution in [2.45, 2.75) is 19.3 Å². The van der Waals surface area contributed by atoms with Crippen LogP contribution in [0.3, 0.4) is 0 Å². The van der Waals surface area contributed by atoms with Gasteiger partial charge in [-0.2, -0.15) is 24.6 Å². The maximum Gasteiger partial charge on any atom is 2.00 e. The Morgan fingerprint density at radius 3 is 2.07 bits per heavy atom. The van der Waals surface area contributed by atoms with E-state index < -0.39 is 0 Å². The van der Waals surface area contributed by atoms with Crippen molar-refractivity contribution >= 4 is 0 Å². The summed E-state index contributed by atoms with van der Waals surface area (Å²) in [5.41, 5.74) is 9.21. The minimum absolute atomic E-state index is 0. The summed E-state index contributed by atoms with van der Waals surface area (Å²) in [5, 5.41) is 0. The molecule has 30 heavy (non-hydrogen) atoms. The third-order valence-corrected chi connectivity index (χ3v) is 5.08. The number of hydrogen-bond donors (Lipinski definition) is 0. The fraction of sp³-hybridized carbons (Fsp3) is 0.111. The molecule has 0 fully saturated rings. The molecule has 3 aromatic carbocycles. The summed E-state index contributed by atoms with van der Waals surface area (Å²) in [7, 11) is 0. The Balaban J connectivity index is 0.000000307. The van der Waals surface area contributed by atoms with Gasteiger partial charge in [0.1, 0.15) is 0 Å². The second-order valence-corrected chi connectivity index (χ2v) is 7.14. The summed E-state index contributed by atoms with van der Waals surface area (Å²) < 4.78 is 0. The van der Waals surface area contributed by atoms with Crippen molar-refractivity contribution in [3.8, 4) is 11.1 Å². The van der Waals surface area contributed by atoms with Crippen molar-refractivity contribution in [3.05, 3.63) is 132 Å². The van der Waals surface area contributed by atoms with Gasteiger partial charge in [0.15, 0.2) is 0 Å². The van der Waals surface area contributed by atoms with E-state index in [2.05, 4.69) is 66.5 Å². The third kappa shape index (κ3) is 6.14. The molecule has 0 aliphatic heterocycles. The predicted octanol–water partition coefficient (Wildman–Crippen LogP) is 3.31. The van der Waals surface area contributed by atoms with Gasteiger partial charge < -0.3 is 17.0 Å². The average Bonchev–Trinajstić information content (AvgIpc) is 2.75. The van der Waals surface area contributed by atoms with Gasteiger partial charge in [0.05, 0.1) is 0 Å². The molecule has 0 N–H and O–H groups in total. The number of rotatable bonds is 2. The Morgan fingerprint density at radius 1 is 0.700 bits per heavy atom. The van der Waals surface area contributed by atoms with E-state index in [4.69, 9.17) is 0 Å². The monoisotopic (exact) mass is 505 g/mol. The van der Waals surface area contributed by atoms with Gasteiger partial charge >= 0.3 is 19.5 Å². The van der Waals surface area contributed by atoms with Crippen LogP contribution < -0.4 is 17.0 Å².